The van der Waals surface area contributed by atoms with Crippen LogP contribution in [0.15, 0.2) is 47.8 Å². The van der Waals surface area contributed by atoms with E-state index in [4.69, 9.17) is 4.74 Å². The number of fused-ring (bicyclic) bond motifs is 1. The van der Waals surface area contributed by atoms with Crippen molar-refractivity contribution in [2.75, 3.05) is 13.6 Å². The van der Waals surface area contributed by atoms with Crippen LogP contribution in [-0.4, -0.2) is 47.3 Å². The van der Waals surface area contributed by atoms with Crippen molar-refractivity contribution in [2.45, 2.75) is 72.4 Å². The summed E-state index contributed by atoms with van der Waals surface area (Å²) in [6, 6.07) is 14.2. The maximum Gasteiger partial charge on any atom is 0.303 e. The van der Waals surface area contributed by atoms with Gasteiger partial charge >= 0.3 is 5.97 Å². The minimum Gasteiger partial charge on any atom is -0.455 e. The van der Waals surface area contributed by atoms with E-state index >= 15 is 0 Å². The average Bonchev–Trinajstić information content (AvgIpc) is 3.40. The van der Waals surface area contributed by atoms with E-state index in [2.05, 4.69) is 62.3 Å². The molecule has 1 aromatic heterocycles. The van der Waals surface area contributed by atoms with Gasteiger partial charge in [-0.1, -0.05) is 76.6 Å². The van der Waals surface area contributed by atoms with Crippen molar-refractivity contribution in [2.24, 2.45) is 11.8 Å². The first-order chi connectivity index (χ1) is 18.6. The van der Waals surface area contributed by atoms with E-state index in [0.29, 0.717) is 42.4 Å². The summed E-state index contributed by atoms with van der Waals surface area (Å²) < 4.78 is 5.66. The molecule has 0 bridgehead atoms. The fourth-order valence-electron chi connectivity index (χ4n) is 4.72. The summed E-state index contributed by atoms with van der Waals surface area (Å²) >= 11 is 1.30. The van der Waals surface area contributed by atoms with E-state index in [-0.39, 0.29) is 23.8 Å². The van der Waals surface area contributed by atoms with E-state index in [0.717, 1.165) is 6.42 Å². The van der Waals surface area contributed by atoms with E-state index in [1.165, 1.54) is 34.6 Å². The maximum atomic E-state index is 12.9. The van der Waals surface area contributed by atoms with Crippen LogP contribution in [0, 0.1) is 11.8 Å². The van der Waals surface area contributed by atoms with Crippen LogP contribution in [0.25, 0.3) is 10.8 Å². The molecule has 3 rings (SSSR count). The molecule has 7 nitrogen and oxygen atoms in total. The van der Waals surface area contributed by atoms with Gasteiger partial charge in [-0.05, 0) is 34.6 Å². The first kappa shape index (κ1) is 30.3. The molecule has 0 unspecified atom stereocenters. The van der Waals surface area contributed by atoms with Gasteiger partial charge in [0.15, 0.2) is 6.10 Å². The second-order valence-corrected chi connectivity index (χ2v) is 11.5. The summed E-state index contributed by atoms with van der Waals surface area (Å²) in [4.78, 5) is 44.1. The molecule has 2 aromatic carbocycles. The number of esters is 1. The lowest BCUT2D eigenvalue weighted by atomic mass is 9.95. The summed E-state index contributed by atoms with van der Waals surface area (Å²) in [5.74, 6) is -0.161. The second kappa shape index (κ2) is 14.2. The molecule has 0 aliphatic rings. The number of amides is 2. The highest BCUT2D eigenvalue weighted by molar-refractivity contribution is 7.09. The lowest BCUT2D eigenvalue weighted by molar-refractivity contribution is -0.148. The molecule has 0 saturated carbocycles. The molecule has 210 valence electrons. The van der Waals surface area contributed by atoms with Gasteiger partial charge in [-0.2, -0.15) is 0 Å². The minimum atomic E-state index is -0.643. The third kappa shape index (κ3) is 8.36. The van der Waals surface area contributed by atoms with Crippen LogP contribution in [-0.2, 0) is 20.7 Å². The third-order valence-corrected chi connectivity index (χ3v) is 8.17. The summed E-state index contributed by atoms with van der Waals surface area (Å²) in [5.41, 5.74) is 1.47. The van der Waals surface area contributed by atoms with Gasteiger partial charge in [-0.3, -0.25) is 14.4 Å². The number of thiazole rings is 1. The Morgan fingerprint density at radius 1 is 1.08 bits per heavy atom. The van der Waals surface area contributed by atoms with Crippen molar-refractivity contribution in [3.8, 4) is 0 Å². The second-order valence-electron chi connectivity index (χ2n) is 10.6. The minimum absolute atomic E-state index is 0.0787. The van der Waals surface area contributed by atoms with Crippen molar-refractivity contribution in [1.29, 1.82) is 0 Å². The number of benzene rings is 2. The third-order valence-electron chi connectivity index (χ3n) is 7.23. The highest BCUT2D eigenvalue weighted by Crippen LogP contribution is 2.31. The first-order valence-electron chi connectivity index (χ1n) is 13.7. The van der Waals surface area contributed by atoms with Crippen molar-refractivity contribution in [3.05, 3.63) is 64.1 Å². The molecule has 0 radical (unpaired) electrons. The average molecular weight is 552 g/mol. The molecule has 0 aliphatic heterocycles. The van der Waals surface area contributed by atoms with Crippen LogP contribution in [0.3, 0.4) is 0 Å². The maximum absolute atomic E-state index is 12.9. The van der Waals surface area contributed by atoms with Crippen molar-refractivity contribution in [3.63, 3.8) is 0 Å². The van der Waals surface area contributed by atoms with E-state index in [9.17, 15) is 14.4 Å². The molecule has 39 heavy (non-hydrogen) atoms. The topological polar surface area (TPSA) is 88.6 Å². The van der Waals surface area contributed by atoms with Gasteiger partial charge in [0, 0.05) is 44.8 Å². The van der Waals surface area contributed by atoms with Crippen LogP contribution in [0.4, 0.5) is 0 Å². The fourth-order valence-corrected chi connectivity index (χ4v) is 5.56. The van der Waals surface area contributed by atoms with Gasteiger partial charge in [0.1, 0.15) is 10.7 Å². The van der Waals surface area contributed by atoms with Gasteiger partial charge in [-0.15, -0.1) is 11.3 Å². The molecule has 2 amide bonds. The summed E-state index contributed by atoms with van der Waals surface area (Å²) in [6.07, 6.45) is 1.89. The summed E-state index contributed by atoms with van der Waals surface area (Å²) in [6.45, 7) is 10.1. The van der Waals surface area contributed by atoms with Gasteiger partial charge in [-0.25, -0.2) is 4.98 Å². The molecule has 0 aliphatic carbocycles. The van der Waals surface area contributed by atoms with Crippen molar-refractivity contribution >= 4 is 39.9 Å². The van der Waals surface area contributed by atoms with Crippen molar-refractivity contribution in [1.82, 2.24) is 15.2 Å². The molecule has 3 atom stereocenters. The molecule has 8 heteroatoms. The quantitative estimate of drug-likeness (QED) is 0.256. The number of carbonyl (C=O) groups excluding carboxylic acids is 3. The Bertz CT molecular complexity index is 1270. The lowest BCUT2D eigenvalue weighted by Gasteiger charge is -2.34. The highest BCUT2D eigenvalue weighted by Gasteiger charge is 2.31. The molecular weight excluding hydrogens is 510 g/mol. The van der Waals surface area contributed by atoms with Gasteiger partial charge in [0.05, 0.1) is 0 Å². The number of carbonyl (C=O) groups is 3. The molecule has 0 saturated heterocycles. The molecule has 1 N–H and O–H groups in total. The van der Waals surface area contributed by atoms with Crippen LogP contribution >= 0.6 is 11.3 Å². The Morgan fingerprint density at radius 3 is 2.49 bits per heavy atom. The molecule has 1 heterocycles. The number of nitrogens with zero attached hydrogens (tertiary/aromatic N) is 2. The van der Waals surface area contributed by atoms with E-state index in [1.807, 2.05) is 25.2 Å². The van der Waals surface area contributed by atoms with Crippen molar-refractivity contribution < 1.29 is 19.1 Å². The lowest BCUT2D eigenvalue weighted by Crippen LogP contribution is -2.42. The summed E-state index contributed by atoms with van der Waals surface area (Å²) in [7, 11) is 1.82. The number of rotatable bonds is 13. The number of hydrogen-bond donors (Lipinski definition) is 1. The van der Waals surface area contributed by atoms with Crippen LogP contribution in [0.5, 0.6) is 0 Å². The van der Waals surface area contributed by atoms with Gasteiger partial charge in [0.25, 0.3) is 5.91 Å². The number of nitrogens with one attached hydrogen (secondary N) is 1. The van der Waals surface area contributed by atoms with Crippen LogP contribution in [0.1, 0.15) is 81.0 Å². The molecule has 0 spiro atoms. The number of hydrogen-bond acceptors (Lipinski definition) is 6. The Labute approximate surface area is 236 Å². The summed E-state index contributed by atoms with van der Waals surface area (Å²) in [5, 5.41) is 7.57. The largest absolute Gasteiger partial charge is 0.455 e. The SMILES string of the molecule is CC[C@H](C)CC(=O)N(C)[C@H](C[C@@H](OC(C)=O)c1nc(C(=O)NCCc2cccc3ccccc23)cs1)C(C)C. The normalized spacial score (nSPS) is 13.6. The number of aromatic nitrogens is 1. The fraction of sp³-hybridized carbons (Fsp3) is 0.484. The predicted octanol–water partition coefficient (Wildman–Crippen LogP) is 6.18. The zero-order valence-electron chi connectivity index (χ0n) is 23.9. The zero-order valence-corrected chi connectivity index (χ0v) is 24.7. The standard InChI is InChI=1S/C31H41N3O4S/c1-7-21(4)17-29(36)34(6)27(20(2)3)18-28(38-22(5)35)31-33-26(19-39-31)30(37)32-16-15-24-13-10-12-23-11-8-9-14-25(23)24/h8-14,19-21,27-28H,7,15-18H2,1-6H3,(H,32,37)/t21-,27+,28+/m0/s1. The molecule has 3 aromatic rings. The zero-order chi connectivity index (χ0) is 28.5. The first-order valence-corrected chi connectivity index (χ1v) is 14.6. The Balaban J connectivity index is 1.68. The highest BCUT2D eigenvalue weighted by atomic mass is 32.1. The Kier molecular flexibility index (Phi) is 11.0. The molecular formula is C31H41N3O4S. The Morgan fingerprint density at radius 2 is 1.79 bits per heavy atom. The number of ether oxygens (including phenoxy) is 1. The predicted molar refractivity (Wildman–Crippen MR) is 157 cm³/mol. The van der Waals surface area contributed by atoms with E-state index < -0.39 is 12.1 Å². The monoisotopic (exact) mass is 551 g/mol. The molecule has 0 fully saturated rings. The van der Waals surface area contributed by atoms with Gasteiger partial charge < -0.3 is 15.0 Å². The van der Waals surface area contributed by atoms with Crippen LogP contribution < -0.4 is 5.32 Å². The van der Waals surface area contributed by atoms with E-state index in [1.54, 1.807) is 10.3 Å². The van der Waals surface area contributed by atoms with Gasteiger partial charge in [0.2, 0.25) is 5.91 Å². The Hall–Kier alpha value is -3.26. The van der Waals surface area contributed by atoms with Crippen LogP contribution in [0.2, 0.25) is 0 Å². The smallest absolute Gasteiger partial charge is 0.303 e.